The highest BCUT2D eigenvalue weighted by Gasteiger charge is 2.34. The summed E-state index contributed by atoms with van der Waals surface area (Å²) in [6.07, 6.45) is 3.75. The molecular formula is C36H32F2N4O. The fourth-order valence-electron chi connectivity index (χ4n) is 6.40. The average molecular weight is 575 g/mol. The Balaban J connectivity index is 1.27. The predicted octanol–water partition coefficient (Wildman–Crippen LogP) is 9.40. The fourth-order valence-corrected chi connectivity index (χ4v) is 6.40. The van der Waals surface area contributed by atoms with Crippen LogP contribution >= 0.6 is 0 Å². The standard InChI is InChI=1S/C36H32F2N4O/c1-4-24-17-18-39-34(19-24)41-32-14-6-5-11-28(32)29-16-15-27(21-33(29)41)43-26-10-7-9-25(20-26)42-23(3)35(22(2)40-42)36-30(37)12-8-13-31(36)38/h5-7,9-12,14-21,31,36H,4,8,13H2,1-3H3/t31-,36?/m0/s1. The first-order chi connectivity index (χ1) is 20.9. The zero-order valence-corrected chi connectivity index (χ0v) is 24.4. The minimum atomic E-state index is -1.26. The highest BCUT2D eigenvalue weighted by molar-refractivity contribution is 6.09. The maximum atomic E-state index is 14.9. The van der Waals surface area contributed by atoms with Crippen molar-refractivity contribution in [2.24, 2.45) is 0 Å². The molecule has 0 N–H and O–H groups in total. The molecule has 5 nitrogen and oxygen atoms in total. The summed E-state index contributed by atoms with van der Waals surface area (Å²) in [7, 11) is 0. The van der Waals surface area contributed by atoms with Crippen LogP contribution < -0.4 is 4.74 Å². The van der Waals surface area contributed by atoms with Crippen LogP contribution in [0.2, 0.25) is 0 Å². The van der Waals surface area contributed by atoms with Crippen molar-refractivity contribution in [1.82, 2.24) is 19.3 Å². The number of pyridine rings is 1. The molecule has 0 saturated carbocycles. The number of fused-ring (bicyclic) bond motifs is 3. The third-order valence-electron chi connectivity index (χ3n) is 8.49. The van der Waals surface area contributed by atoms with Crippen LogP contribution in [0.1, 0.15) is 48.2 Å². The molecule has 216 valence electrons. The van der Waals surface area contributed by atoms with E-state index in [0.29, 0.717) is 35.6 Å². The number of hydrogen-bond donors (Lipinski definition) is 0. The summed E-state index contributed by atoms with van der Waals surface area (Å²) in [6, 6.07) is 26.2. The van der Waals surface area contributed by atoms with Crippen LogP contribution in [0.25, 0.3) is 33.3 Å². The normalized spacial score (nSPS) is 17.0. The van der Waals surface area contributed by atoms with Crippen molar-refractivity contribution in [2.75, 3.05) is 0 Å². The van der Waals surface area contributed by atoms with E-state index in [1.165, 1.54) is 11.6 Å². The molecule has 1 unspecified atom stereocenters. The van der Waals surface area contributed by atoms with Gasteiger partial charge in [0.1, 0.15) is 29.3 Å². The first-order valence-electron chi connectivity index (χ1n) is 14.8. The van der Waals surface area contributed by atoms with Gasteiger partial charge in [-0.2, -0.15) is 5.10 Å². The van der Waals surface area contributed by atoms with Crippen molar-refractivity contribution in [3.8, 4) is 23.0 Å². The Kier molecular flexibility index (Phi) is 6.80. The van der Waals surface area contributed by atoms with Gasteiger partial charge in [-0.05, 0) is 81.1 Å². The molecule has 0 amide bonds. The number of benzene rings is 3. The minimum Gasteiger partial charge on any atom is -0.457 e. The molecule has 0 fully saturated rings. The quantitative estimate of drug-likeness (QED) is 0.199. The van der Waals surface area contributed by atoms with Gasteiger partial charge in [-0.1, -0.05) is 37.3 Å². The van der Waals surface area contributed by atoms with Crippen LogP contribution in [-0.2, 0) is 6.42 Å². The zero-order chi connectivity index (χ0) is 29.7. The maximum absolute atomic E-state index is 14.9. The lowest BCUT2D eigenvalue weighted by molar-refractivity contribution is 0.251. The van der Waals surface area contributed by atoms with Crippen molar-refractivity contribution in [3.63, 3.8) is 0 Å². The van der Waals surface area contributed by atoms with E-state index in [-0.39, 0.29) is 0 Å². The molecule has 3 aromatic heterocycles. The zero-order valence-electron chi connectivity index (χ0n) is 24.4. The molecule has 43 heavy (non-hydrogen) atoms. The minimum absolute atomic E-state index is 0.314. The monoisotopic (exact) mass is 574 g/mol. The van der Waals surface area contributed by atoms with E-state index >= 15 is 0 Å². The first kappa shape index (κ1) is 27.1. The number of hydrogen-bond acceptors (Lipinski definition) is 3. The van der Waals surface area contributed by atoms with Crippen LogP contribution in [0.5, 0.6) is 11.5 Å². The van der Waals surface area contributed by atoms with E-state index in [9.17, 15) is 8.78 Å². The lowest BCUT2D eigenvalue weighted by Gasteiger charge is -2.24. The number of rotatable bonds is 6. The van der Waals surface area contributed by atoms with Crippen LogP contribution in [0.3, 0.4) is 0 Å². The second-order valence-electron chi connectivity index (χ2n) is 11.2. The molecule has 0 radical (unpaired) electrons. The summed E-state index contributed by atoms with van der Waals surface area (Å²) in [5, 5.41) is 6.95. The van der Waals surface area contributed by atoms with E-state index in [0.717, 1.165) is 45.4 Å². The number of allylic oxidation sites excluding steroid dienone is 2. The number of halogens is 2. The topological polar surface area (TPSA) is 44.9 Å². The van der Waals surface area contributed by atoms with Crippen molar-refractivity contribution in [2.45, 2.75) is 52.1 Å². The van der Waals surface area contributed by atoms with Gasteiger partial charge < -0.3 is 4.74 Å². The molecule has 0 saturated heterocycles. The average Bonchev–Trinajstić information content (AvgIpc) is 3.50. The van der Waals surface area contributed by atoms with Crippen molar-refractivity contribution >= 4 is 21.8 Å². The highest BCUT2D eigenvalue weighted by Crippen LogP contribution is 2.41. The van der Waals surface area contributed by atoms with Gasteiger partial charge in [0, 0.05) is 40.4 Å². The Morgan fingerprint density at radius 3 is 2.56 bits per heavy atom. The Morgan fingerprint density at radius 1 is 0.907 bits per heavy atom. The molecule has 3 aromatic carbocycles. The second kappa shape index (κ2) is 10.8. The van der Waals surface area contributed by atoms with Crippen LogP contribution in [0.15, 0.2) is 97.0 Å². The van der Waals surface area contributed by atoms with Gasteiger partial charge in [0.2, 0.25) is 0 Å². The van der Waals surface area contributed by atoms with Gasteiger partial charge in [-0.15, -0.1) is 0 Å². The van der Waals surface area contributed by atoms with E-state index in [1.54, 1.807) is 4.68 Å². The van der Waals surface area contributed by atoms with Gasteiger partial charge in [0.15, 0.2) is 0 Å². The molecule has 6 aromatic rings. The highest BCUT2D eigenvalue weighted by atomic mass is 19.1. The second-order valence-corrected chi connectivity index (χ2v) is 11.2. The Bertz CT molecular complexity index is 2020. The molecule has 7 rings (SSSR count). The molecule has 1 aliphatic carbocycles. The third-order valence-corrected chi connectivity index (χ3v) is 8.49. The van der Waals surface area contributed by atoms with Gasteiger partial charge in [-0.25, -0.2) is 18.4 Å². The van der Waals surface area contributed by atoms with Crippen LogP contribution in [0, 0.1) is 13.8 Å². The van der Waals surface area contributed by atoms with E-state index < -0.39 is 17.9 Å². The van der Waals surface area contributed by atoms with Gasteiger partial charge in [-0.3, -0.25) is 4.57 Å². The summed E-state index contributed by atoms with van der Waals surface area (Å²) in [5.74, 6) is 0.861. The Hall–Kier alpha value is -4.78. The van der Waals surface area contributed by atoms with E-state index in [4.69, 9.17) is 9.72 Å². The van der Waals surface area contributed by atoms with Crippen molar-refractivity contribution in [1.29, 1.82) is 0 Å². The fraction of sp³-hybridized carbons (Fsp3) is 0.222. The number of aromatic nitrogens is 4. The number of alkyl halides is 1. The van der Waals surface area contributed by atoms with Crippen LogP contribution in [-0.4, -0.2) is 25.5 Å². The number of ether oxygens (including phenoxy) is 1. The van der Waals surface area contributed by atoms with Gasteiger partial charge >= 0.3 is 0 Å². The molecule has 0 bridgehead atoms. The molecule has 0 aliphatic heterocycles. The molecule has 2 atom stereocenters. The number of nitrogens with zero attached hydrogens (tertiary/aromatic N) is 4. The summed E-state index contributed by atoms with van der Waals surface area (Å²) in [5.41, 5.74) is 6.03. The molecule has 7 heteroatoms. The van der Waals surface area contributed by atoms with Crippen molar-refractivity contribution in [3.05, 3.63) is 119 Å². The Labute approximate surface area is 249 Å². The summed E-state index contributed by atoms with van der Waals surface area (Å²) in [4.78, 5) is 4.71. The lowest BCUT2D eigenvalue weighted by Crippen LogP contribution is -2.19. The van der Waals surface area contributed by atoms with Gasteiger partial charge in [0.05, 0.1) is 28.3 Å². The lowest BCUT2D eigenvalue weighted by atomic mass is 9.85. The summed E-state index contributed by atoms with van der Waals surface area (Å²) < 4.78 is 40.0. The van der Waals surface area contributed by atoms with E-state index in [2.05, 4.69) is 46.9 Å². The van der Waals surface area contributed by atoms with Gasteiger partial charge in [0.25, 0.3) is 0 Å². The summed E-state index contributed by atoms with van der Waals surface area (Å²) in [6.45, 7) is 5.82. The Morgan fingerprint density at radius 2 is 1.72 bits per heavy atom. The third kappa shape index (κ3) is 4.69. The number of para-hydroxylation sites is 1. The molecular weight excluding hydrogens is 542 g/mol. The molecule has 1 aliphatic rings. The largest absolute Gasteiger partial charge is 0.457 e. The number of aryl methyl sites for hydroxylation is 2. The predicted molar refractivity (Wildman–Crippen MR) is 167 cm³/mol. The molecule has 0 spiro atoms. The van der Waals surface area contributed by atoms with Crippen molar-refractivity contribution < 1.29 is 13.5 Å². The van der Waals surface area contributed by atoms with Crippen LogP contribution in [0.4, 0.5) is 8.78 Å². The first-order valence-corrected chi connectivity index (χ1v) is 14.8. The maximum Gasteiger partial charge on any atom is 0.137 e. The SMILES string of the molecule is CCc1ccnc(-n2c3ccccc3c3ccc(Oc4cccc(-n5nc(C)c(C6C(F)=CCC[C@@H]6F)c5C)c4)cc32)c1. The molecule has 3 heterocycles. The van der Waals surface area contributed by atoms with E-state index in [1.807, 2.05) is 68.6 Å². The smallest absolute Gasteiger partial charge is 0.137 e. The summed E-state index contributed by atoms with van der Waals surface area (Å²) >= 11 is 0.